The molecule has 1 heterocycles. The summed E-state index contributed by atoms with van der Waals surface area (Å²) in [6.45, 7) is 4.05. The van der Waals surface area contributed by atoms with Crippen LogP contribution in [0.15, 0.2) is 17.1 Å². The standard InChI is InChI=1S/C15H28N2O/c1-2-3-4-5-6-7-8-9-10-15-16-11-12-17(15)13-14-18/h9-11,15,18H,2-8,12-14H2,1H3/b10-9+. The number of rotatable bonds is 10. The number of allylic oxidation sites excluding steroid dienone is 1. The van der Waals surface area contributed by atoms with Crippen molar-refractivity contribution in [3.63, 3.8) is 0 Å². The van der Waals surface area contributed by atoms with Gasteiger partial charge in [-0.2, -0.15) is 0 Å². The molecule has 1 aliphatic heterocycles. The smallest absolute Gasteiger partial charge is 0.121 e. The number of aliphatic hydroxyl groups excluding tert-OH is 1. The van der Waals surface area contributed by atoms with E-state index in [2.05, 4.69) is 29.0 Å². The van der Waals surface area contributed by atoms with Gasteiger partial charge in [0.25, 0.3) is 0 Å². The van der Waals surface area contributed by atoms with Gasteiger partial charge in [-0.25, -0.2) is 0 Å². The van der Waals surface area contributed by atoms with E-state index in [1.807, 2.05) is 6.21 Å². The van der Waals surface area contributed by atoms with E-state index in [4.69, 9.17) is 5.11 Å². The van der Waals surface area contributed by atoms with Crippen LogP contribution >= 0.6 is 0 Å². The van der Waals surface area contributed by atoms with Crippen molar-refractivity contribution in [3.8, 4) is 0 Å². The van der Waals surface area contributed by atoms with Crippen LogP contribution in [0.2, 0.25) is 0 Å². The van der Waals surface area contributed by atoms with Crippen molar-refractivity contribution < 1.29 is 5.11 Å². The molecule has 0 aromatic heterocycles. The van der Waals surface area contributed by atoms with Crippen LogP contribution in [-0.4, -0.2) is 42.1 Å². The molecule has 1 N–H and O–H groups in total. The van der Waals surface area contributed by atoms with Crippen LogP contribution < -0.4 is 0 Å². The van der Waals surface area contributed by atoms with E-state index in [-0.39, 0.29) is 12.8 Å². The zero-order chi connectivity index (χ0) is 13.1. The Kier molecular flexibility index (Phi) is 8.78. The van der Waals surface area contributed by atoms with E-state index in [1.165, 1.54) is 38.5 Å². The van der Waals surface area contributed by atoms with Crippen molar-refractivity contribution in [2.75, 3.05) is 19.7 Å². The van der Waals surface area contributed by atoms with E-state index in [0.29, 0.717) is 6.54 Å². The summed E-state index contributed by atoms with van der Waals surface area (Å²) in [6.07, 6.45) is 15.8. The first-order valence-electron chi connectivity index (χ1n) is 7.41. The Morgan fingerprint density at radius 1 is 1.28 bits per heavy atom. The van der Waals surface area contributed by atoms with Gasteiger partial charge in [0, 0.05) is 19.3 Å². The Hall–Kier alpha value is -0.670. The molecule has 1 unspecified atom stereocenters. The summed E-state index contributed by atoms with van der Waals surface area (Å²) in [5.74, 6) is 0. The van der Waals surface area contributed by atoms with Gasteiger partial charge in [0.1, 0.15) is 6.17 Å². The van der Waals surface area contributed by atoms with Crippen molar-refractivity contribution in [3.05, 3.63) is 12.2 Å². The summed E-state index contributed by atoms with van der Waals surface area (Å²) >= 11 is 0. The fourth-order valence-electron chi connectivity index (χ4n) is 2.25. The van der Waals surface area contributed by atoms with Crippen LogP contribution in [0.5, 0.6) is 0 Å². The summed E-state index contributed by atoms with van der Waals surface area (Å²) in [5.41, 5.74) is 0. The Morgan fingerprint density at radius 3 is 2.83 bits per heavy atom. The van der Waals surface area contributed by atoms with Gasteiger partial charge in [0.05, 0.1) is 6.61 Å². The molecular formula is C15H28N2O. The van der Waals surface area contributed by atoms with Crippen molar-refractivity contribution in [2.24, 2.45) is 4.99 Å². The van der Waals surface area contributed by atoms with E-state index < -0.39 is 0 Å². The maximum Gasteiger partial charge on any atom is 0.121 e. The second-order valence-corrected chi connectivity index (χ2v) is 4.95. The summed E-state index contributed by atoms with van der Waals surface area (Å²) < 4.78 is 0. The van der Waals surface area contributed by atoms with Gasteiger partial charge in [-0.1, -0.05) is 45.1 Å². The average Bonchev–Trinajstić information content (AvgIpc) is 2.81. The largest absolute Gasteiger partial charge is 0.395 e. The summed E-state index contributed by atoms with van der Waals surface area (Å²) in [5, 5.41) is 8.94. The summed E-state index contributed by atoms with van der Waals surface area (Å²) in [6, 6.07) is 0. The second kappa shape index (κ2) is 10.3. The Bertz CT molecular complexity index is 251. The van der Waals surface area contributed by atoms with Crippen LogP contribution in [0, 0.1) is 0 Å². The van der Waals surface area contributed by atoms with Gasteiger partial charge in [-0.05, 0) is 18.9 Å². The van der Waals surface area contributed by atoms with Crippen molar-refractivity contribution in [1.82, 2.24) is 4.90 Å². The number of nitrogens with zero attached hydrogens (tertiary/aromatic N) is 2. The van der Waals surface area contributed by atoms with Gasteiger partial charge in [-0.15, -0.1) is 0 Å². The molecule has 0 saturated carbocycles. The molecule has 0 spiro atoms. The van der Waals surface area contributed by atoms with Crippen LogP contribution in [0.4, 0.5) is 0 Å². The number of unbranched alkanes of at least 4 members (excludes halogenated alkanes) is 6. The van der Waals surface area contributed by atoms with E-state index in [9.17, 15) is 0 Å². The van der Waals surface area contributed by atoms with Gasteiger partial charge in [-0.3, -0.25) is 9.89 Å². The normalized spacial score (nSPS) is 20.2. The Morgan fingerprint density at radius 2 is 2.06 bits per heavy atom. The minimum absolute atomic E-state index is 0.164. The predicted molar refractivity (Wildman–Crippen MR) is 78.1 cm³/mol. The fourth-order valence-corrected chi connectivity index (χ4v) is 2.25. The third-order valence-corrected chi connectivity index (χ3v) is 3.37. The highest BCUT2D eigenvalue weighted by Gasteiger charge is 2.16. The van der Waals surface area contributed by atoms with E-state index >= 15 is 0 Å². The fraction of sp³-hybridized carbons (Fsp3) is 0.800. The molecule has 0 aromatic rings. The van der Waals surface area contributed by atoms with Gasteiger partial charge >= 0.3 is 0 Å². The topological polar surface area (TPSA) is 35.8 Å². The minimum atomic E-state index is 0.164. The van der Waals surface area contributed by atoms with Crippen LogP contribution in [-0.2, 0) is 0 Å². The van der Waals surface area contributed by atoms with E-state index in [0.717, 1.165) is 13.0 Å². The molecule has 0 saturated heterocycles. The number of β-amino-alcohol motifs (C(OH)–C–C–N with tert-alkyl or cyclic N) is 1. The van der Waals surface area contributed by atoms with Crippen molar-refractivity contribution in [1.29, 1.82) is 0 Å². The molecule has 0 bridgehead atoms. The molecule has 0 fully saturated rings. The molecular weight excluding hydrogens is 224 g/mol. The van der Waals surface area contributed by atoms with Crippen LogP contribution in [0.1, 0.15) is 51.9 Å². The van der Waals surface area contributed by atoms with Gasteiger partial charge in [0.15, 0.2) is 0 Å². The molecule has 104 valence electrons. The molecule has 0 amide bonds. The number of aliphatic hydroxyl groups is 1. The van der Waals surface area contributed by atoms with Crippen LogP contribution in [0.3, 0.4) is 0 Å². The molecule has 3 nitrogen and oxygen atoms in total. The number of hydrogen-bond donors (Lipinski definition) is 1. The molecule has 0 radical (unpaired) electrons. The predicted octanol–water partition coefficient (Wildman–Crippen LogP) is 3.00. The number of hydrogen-bond acceptors (Lipinski definition) is 3. The first-order chi connectivity index (χ1) is 8.88. The quantitative estimate of drug-likeness (QED) is 0.479. The molecule has 1 aliphatic rings. The molecule has 1 rings (SSSR count). The molecule has 1 atom stereocenters. The van der Waals surface area contributed by atoms with E-state index in [1.54, 1.807) is 0 Å². The lowest BCUT2D eigenvalue weighted by molar-refractivity contribution is 0.201. The molecule has 0 aliphatic carbocycles. The third-order valence-electron chi connectivity index (χ3n) is 3.37. The monoisotopic (exact) mass is 252 g/mol. The molecule has 3 heteroatoms. The molecule has 0 aromatic carbocycles. The average molecular weight is 252 g/mol. The van der Waals surface area contributed by atoms with Crippen molar-refractivity contribution in [2.45, 2.75) is 58.0 Å². The maximum absolute atomic E-state index is 8.94. The Balaban J connectivity index is 2.03. The maximum atomic E-state index is 8.94. The summed E-state index contributed by atoms with van der Waals surface area (Å²) in [4.78, 5) is 6.58. The third kappa shape index (κ3) is 6.31. The first-order valence-corrected chi connectivity index (χ1v) is 7.41. The number of aliphatic imine (C=N–C) groups is 1. The summed E-state index contributed by atoms with van der Waals surface area (Å²) in [7, 11) is 0. The van der Waals surface area contributed by atoms with Gasteiger partial charge in [0.2, 0.25) is 0 Å². The highest BCUT2D eigenvalue weighted by atomic mass is 16.3. The Labute approximate surface area is 112 Å². The minimum Gasteiger partial charge on any atom is -0.395 e. The highest BCUT2D eigenvalue weighted by molar-refractivity contribution is 5.62. The lowest BCUT2D eigenvalue weighted by Crippen LogP contribution is -2.31. The highest BCUT2D eigenvalue weighted by Crippen LogP contribution is 2.10. The zero-order valence-corrected chi connectivity index (χ0v) is 11.7. The zero-order valence-electron chi connectivity index (χ0n) is 11.7. The van der Waals surface area contributed by atoms with Crippen molar-refractivity contribution >= 4 is 6.21 Å². The second-order valence-electron chi connectivity index (χ2n) is 4.95. The SMILES string of the molecule is CCCCCCCC/C=C/C1N=CCN1CCO. The first kappa shape index (κ1) is 15.4. The lowest BCUT2D eigenvalue weighted by atomic mass is 10.1. The van der Waals surface area contributed by atoms with Gasteiger partial charge < -0.3 is 5.11 Å². The van der Waals surface area contributed by atoms with Crippen LogP contribution in [0.25, 0.3) is 0 Å². The lowest BCUT2D eigenvalue weighted by Gasteiger charge is -2.18. The molecule has 18 heavy (non-hydrogen) atoms.